The van der Waals surface area contributed by atoms with Gasteiger partial charge in [-0.15, -0.1) is 0 Å². The molecule has 0 bridgehead atoms. The summed E-state index contributed by atoms with van der Waals surface area (Å²) < 4.78 is 0. The van der Waals surface area contributed by atoms with Crippen LogP contribution in [0, 0.1) is 5.92 Å². The van der Waals surface area contributed by atoms with Crippen molar-refractivity contribution in [3.63, 3.8) is 0 Å². The molecule has 0 aromatic heterocycles. The zero-order valence-corrected chi connectivity index (χ0v) is 12.8. The van der Waals surface area contributed by atoms with Crippen molar-refractivity contribution in [2.45, 2.75) is 38.6 Å². The first-order valence-electron chi connectivity index (χ1n) is 6.21. The lowest BCUT2D eigenvalue weighted by molar-refractivity contribution is -0.145. The van der Waals surface area contributed by atoms with Gasteiger partial charge in [-0.2, -0.15) is 0 Å². The second-order valence-electron chi connectivity index (χ2n) is 5.09. The van der Waals surface area contributed by atoms with E-state index in [4.69, 9.17) is 28.9 Å². The summed E-state index contributed by atoms with van der Waals surface area (Å²) in [5.41, 5.74) is 5.62. The highest BCUT2D eigenvalue weighted by Crippen LogP contribution is 2.38. The van der Waals surface area contributed by atoms with Crippen LogP contribution in [-0.2, 0) is 4.79 Å². The fourth-order valence-corrected chi connectivity index (χ4v) is 2.79. The number of hydrogen-bond acceptors (Lipinski definition) is 2. The Balaban J connectivity index is 3.35. The molecule has 5 heteroatoms. The third-order valence-electron chi connectivity index (χ3n) is 3.51. The molecule has 1 aromatic carbocycles. The van der Waals surface area contributed by atoms with Crippen molar-refractivity contribution in [1.82, 2.24) is 0 Å². The van der Waals surface area contributed by atoms with Gasteiger partial charge in [0.05, 0.1) is 10.0 Å². The van der Waals surface area contributed by atoms with Crippen LogP contribution in [-0.4, -0.2) is 16.6 Å². The van der Waals surface area contributed by atoms with E-state index < -0.39 is 11.5 Å². The highest BCUT2D eigenvalue weighted by atomic mass is 35.5. The Morgan fingerprint density at radius 3 is 2.32 bits per heavy atom. The van der Waals surface area contributed by atoms with E-state index in [1.54, 1.807) is 25.1 Å². The van der Waals surface area contributed by atoms with Gasteiger partial charge in [0.15, 0.2) is 0 Å². The number of aliphatic carboxylic acids is 1. The van der Waals surface area contributed by atoms with E-state index in [9.17, 15) is 9.90 Å². The van der Waals surface area contributed by atoms with Crippen LogP contribution in [0.3, 0.4) is 0 Å². The molecule has 0 saturated heterocycles. The predicted octanol–water partition coefficient (Wildman–Crippen LogP) is 3.93. The molecule has 0 saturated carbocycles. The Kier molecular flexibility index (Phi) is 5.25. The van der Waals surface area contributed by atoms with Crippen molar-refractivity contribution in [3.05, 3.63) is 33.8 Å². The van der Waals surface area contributed by atoms with Crippen LogP contribution >= 0.6 is 23.2 Å². The molecular formula is C14H19Cl2NO2. The molecule has 0 aliphatic heterocycles. The molecule has 106 valence electrons. The van der Waals surface area contributed by atoms with Gasteiger partial charge in [0.1, 0.15) is 5.54 Å². The summed E-state index contributed by atoms with van der Waals surface area (Å²) >= 11 is 11.9. The summed E-state index contributed by atoms with van der Waals surface area (Å²) in [7, 11) is 0. The van der Waals surface area contributed by atoms with Crippen LogP contribution < -0.4 is 5.73 Å². The number of benzene rings is 1. The third kappa shape index (κ3) is 3.22. The van der Waals surface area contributed by atoms with Crippen molar-refractivity contribution in [3.8, 4) is 0 Å². The summed E-state index contributed by atoms with van der Waals surface area (Å²) in [5.74, 6) is -1.26. The largest absolute Gasteiger partial charge is 0.480 e. The number of carbonyl (C=O) groups is 1. The number of carboxylic acids is 1. The summed E-state index contributed by atoms with van der Waals surface area (Å²) in [6, 6.07) is 5.17. The molecule has 0 aliphatic rings. The molecule has 1 rings (SSSR count). The van der Waals surface area contributed by atoms with Gasteiger partial charge in [0.2, 0.25) is 0 Å². The second kappa shape index (κ2) is 6.12. The number of halogens is 2. The Bertz CT molecular complexity index is 477. The Hall–Kier alpha value is -0.770. The van der Waals surface area contributed by atoms with Gasteiger partial charge >= 0.3 is 5.97 Å². The lowest BCUT2D eigenvalue weighted by Gasteiger charge is -2.36. The first-order valence-corrected chi connectivity index (χ1v) is 6.96. The molecular weight excluding hydrogens is 285 g/mol. The molecule has 0 radical (unpaired) electrons. The topological polar surface area (TPSA) is 63.3 Å². The number of nitrogens with two attached hydrogens (primary N) is 1. The number of carboxylic acid groups (broad SMARTS) is 1. The fourth-order valence-electron chi connectivity index (χ4n) is 2.49. The molecule has 3 nitrogen and oxygen atoms in total. The first-order chi connectivity index (χ1) is 8.74. The standard InChI is InChI=1S/C14H19Cl2NO2/c1-4-14(17,13(18)19)12(8(2)3)9-5-6-10(15)11(16)7-9/h5-8,12H,4,17H2,1-3H3,(H,18,19). The van der Waals surface area contributed by atoms with Gasteiger partial charge in [-0.1, -0.05) is 50.0 Å². The Labute approximate surface area is 123 Å². The monoisotopic (exact) mass is 303 g/mol. The summed E-state index contributed by atoms with van der Waals surface area (Å²) in [6.45, 7) is 5.68. The predicted molar refractivity (Wildman–Crippen MR) is 78.9 cm³/mol. The van der Waals surface area contributed by atoms with Gasteiger partial charge in [-0.05, 0) is 30.0 Å². The Morgan fingerprint density at radius 1 is 1.37 bits per heavy atom. The van der Waals surface area contributed by atoms with E-state index in [-0.39, 0.29) is 11.8 Å². The van der Waals surface area contributed by atoms with Crippen molar-refractivity contribution in [1.29, 1.82) is 0 Å². The minimum Gasteiger partial charge on any atom is -0.480 e. The van der Waals surface area contributed by atoms with E-state index in [2.05, 4.69) is 0 Å². The van der Waals surface area contributed by atoms with Gasteiger partial charge in [0, 0.05) is 5.92 Å². The summed E-state index contributed by atoms with van der Waals surface area (Å²) in [4.78, 5) is 11.5. The molecule has 2 unspecified atom stereocenters. The van der Waals surface area contributed by atoms with Crippen LogP contribution in [0.2, 0.25) is 10.0 Å². The van der Waals surface area contributed by atoms with Crippen molar-refractivity contribution in [2.24, 2.45) is 11.7 Å². The normalized spacial score (nSPS) is 16.2. The van der Waals surface area contributed by atoms with Crippen molar-refractivity contribution in [2.75, 3.05) is 0 Å². The lowest BCUT2D eigenvalue weighted by Crippen LogP contribution is -2.54. The molecule has 3 N–H and O–H groups in total. The maximum Gasteiger partial charge on any atom is 0.324 e. The smallest absolute Gasteiger partial charge is 0.324 e. The number of hydrogen-bond donors (Lipinski definition) is 2. The molecule has 1 aromatic rings. The quantitative estimate of drug-likeness (QED) is 0.866. The SMILES string of the molecule is CCC(N)(C(=O)O)C(c1ccc(Cl)c(Cl)c1)C(C)C. The van der Waals surface area contributed by atoms with Crippen LogP contribution in [0.4, 0.5) is 0 Å². The molecule has 0 heterocycles. The lowest BCUT2D eigenvalue weighted by atomic mass is 9.72. The van der Waals surface area contributed by atoms with E-state index in [1.807, 2.05) is 13.8 Å². The highest BCUT2D eigenvalue weighted by Gasteiger charge is 2.43. The molecule has 2 atom stereocenters. The highest BCUT2D eigenvalue weighted by molar-refractivity contribution is 6.42. The average Bonchev–Trinajstić information content (AvgIpc) is 2.32. The van der Waals surface area contributed by atoms with Crippen LogP contribution in [0.5, 0.6) is 0 Å². The minimum atomic E-state index is -1.31. The third-order valence-corrected chi connectivity index (χ3v) is 4.25. The van der Waals surface area contributed by atoms with Gasteiger partial charge in [-0.25, -0.2) is 0 Å². The van der Waals surface area contributed by atoms with Gasteiger partial charge in [0.25, 0.3) is 0 Å². The zero-order chi connectivity index (χ0) is 14.8. The molecule has 0 amide bonds. The molecule has 0 fully saturated rings. The maximum atomic E-state index is 11.5. The molecule has 0 spiro atoms. The Morgan fingerprint density at radius 2 is 1.95 bits per heavy atom. The van der Waals surface area contributed by atoms with Crippen molar-refractivity contribution < 1.29 is 9.90 Å². The second-order valence-corrected chi connectivity index (χ2v) is 5.91. The molecule has 19 heavy (non-hydrogen) atoms. The summed E-state index contributed by atoms with van der Waals surface area (Å²) in [5, 5.41) is 10.3. The fraction of sp³-hybridized carbons (Fsp3) is 0.500. The minimum absolute atomic E-state index is 0.0679. The van der Waals surface area contributed by atoms with Crippen molar-refractivity contribution >= 4 is 29.2 Å². The first kappa shape index (κ1) is 16.3. The maximum absolute atomic E-state index is 11.5. The van der Waals surface area contributed by atoms with Crippen LogP contribution in [0.15, 0.2) is 18.2 Å². The van der Waals surface area contributed by atoms with E-state index in [0.29, 0.717) is 16.5 Å². The van der Waals surface area contributed by atoms with Gasteiger partial charge < -0.3 is 10.8 Å². The van der Waals surface area contributed by atoms with Crippen LogP contribution in [0.1, 0.15) is 38.7 Å². The van der Waals surface area contributed by atoms with Gasteiger partial charge in [-0.3, -0.25) is 4.79 Å². The van der Waals surface area contributed by atoms with E-state index >= 15 is 0 Å². The average molecular weight is 304 g/mol. The van der Waals surface area contributed by atoms with E-state index in [0.717, 1.165) is 5.56 Å². The molecule has 0 aliphatic carbocycles. The van der Waals surface area contributed by atoms with E-state index in [1.165, 1.54) is 0 Å². The van der Waals surface area contributed by atoms with Crippen LogP contribution in [0.25, 0.3) is 0 Å². The zero-order valence-electron chi connectivity index (χ0n) is 11.3. The number of rotatable bonds is 5. The summed E-state index contributed by atoms with van der Waals surface area (Å²) in [6.07, 6.45) is 0.339.